The third kappa shape index (κ3) is 3.32. The minimum Gasteiger partial charge on any atom is -0.481 e. The first kappa shape index (κ1) is 14.7. The highest BCUT2D eigenvalue weighted by Crippen LogP contribution is 2.27. The summed E-state index contributed by atoms with van der Waals surface area (Å²) in [6, 6.07) is 0.230. The predicted octanol–water partition coefficient (Wildman–Crippen LogP) is 0.421. The molecule has 2 heterocycles. The number of aromatic nitrogens is 2. The lowest BCUT2D eigenvalue weighted by Crippen LogP contribution is -2.49. The first-order valence-electron chi connectivity index (χ1n) is 7.28. The summed E-state index contributed by atoms with van der Waals surface area (Å²) >= 11 is 0. The lowest BCUT2D eigenvalue weighted by molar-refractivity contribution is -0.143. The summed E-state index contributed by atoms with van der Waals surface area (Å²) in [5.74, 6) is -2.48. The van der Waals surface area contributed by atoms with E-state index in [0.29, 0.717) is 13.0 Å². The van der Waals surface area contributed by atoms with Crippen LogP contribution in [0.4, 0.5) is 10.3 Å². The second-order valence-electron chi connectivity index (χ2n) is 5.86. The van der Waals surface area contributed by atoms with Gasteiger partial charge in [-0.1, -0.05) is 0 Å². The molecule has 0 unspecified atom stereocenters. The number of piperidine rings is 1. The third-order valence-corrected chi connectivity index (χ3v) is 3.98. The molecule has 0 spiro atoms. The third-order valence-electron chi connectivity index (χ3n) is 3.98. The van der Waals surface area contributed by atoms with Gasteiger partial charge in [0.1, 0.15) is 0 Å². The van der Waals surface area contributed by atoms with E-state index in [-0.39, 0.29) is 24.4 Å². The number of carboxylic acids is 1. The van der Waals surface area contributed by atoms with Crippen molar-refractivity contribution in [3.63, 3.8) is 0 Å². The Balaban J connectivity index is 1.75. The Labute approximate surface area is 126 Å². The average molecular weight is 308 g/mol. The van der Waals surface area contributed by atoms with Gasteiger partial charge in [-0.2, -0.15) is 0 Å². The van der Waals surface area contributed by atoms with Gasteiger partial charge >= 0.3 is 5.97 Å². The largest absolute Gasteiger partial charge is 0.481 e. The molecule has 1 saturated carbocycles. The summed E-state index contributed by atoms with van der Waals surface area (Å²) in [5, 5.41) is 12.2. The number of nitrogens with zero attached hydrogens (tertiary/aromatic N) is 3. The Morgan fingerprint density at radius 1 is 1.23 bits per heavy atom. The van der Waals surface area contributed by atoms with Crippen molar-refractivity contribution in [3.8, 4) is 0 Å². The van der Waals surface area contributed by atoms with Gasteiger partial charge in [0, 0.05) is 19.1 Å². The molecule has 0 radical (unpaired) electrons. The molecule has 0 aromatic carbocycles. The van der Waals surface area contributed by atoms with Gasteiger partial charge in [-0.3, -0.25) is 9.59 Å². The lowest BCUT2D eigenvalue weighted by Gasteiger charge is -2.35. The molecule has 1 amide bonds. The van der Waals surface area contributed by atoms with E-state index in [2.05, 4.69) is 15.3 Å². The molecule has 2 atom stereocenters. The van der Waals surface area contributed by atoms with Crippen molar-refractivity contribution in [2.45, 2.75) is 25.3 Å². The number of aliphatic carboxylic acids is 1. The van der Waals surface area contributed by atoms with Crippen LogP contribution < -0.4 is 10.2 Å². The second-order valence-corrected chi connectivity index (χ2v) is 5.86. The zero-order valence-corrected chi connectivity index (χ0v) is 11.9. The van der Waals surface area contributed by atoms with Crippen molar-refractivity contribution < 1.29 is 19.1 Å². The van der Waals surface area contributed by atoms with Crippen LogP contribution in [0.2, 0.25) is 0 Å². The van der Waals surface area contributed by atoms with Crippen LogP contribution in [-0.4, -0.2) is 46.1 Å². The number of nitrogens with one attached hydrogen (secondary N) is 1. The van der Waals surface area contributed by atoms with E-state index in [1.165, 1.54) is 0 Å². The maximum Gasteiger partial charge on any atom is 0.308 e. The molecule has 118 valence electrons. The van der Waals surface area contributed by atoms with Crippen molar-refractivity contribution in [3.05, 3.63) is 18.2 Å². The molecular weight excluding hydrogens is 291 g/mol. The summed E-state index contributed by atoms with van der Waals surface area (Å²) in [6.07, 6.45) is 4.32. The number of anilines is 1. The summed E-state index contributed by atoms with van der Waals surface area (Å²) in [5.41, 5.74) is 0. The molecule has 2 N–H and O–H groups in total. The number of amides is 1. The van der Waals surface area contributed by atoms with E-state index < -0.39 is 23.6 Å². The van der Waals surface area contributed by atoms with Gasteiger partial charge in [-0.05, 0) is 19.3 Å². The minimum atomic E-state index is -0.948. The van der Waals surface area contributed by atoms with Crippen LogP contribution >= 0.6 is 0 Å². The Bertz CT molecular complexity index is 576. The van der Waals surface area contributed by atoms with Crippen LogP contribution in [0.1, 0.15) is 19.3 Å². The molecule has 1 aliphatic carbocycles. The van der Waals surface area contributed by atoms with Crippen LogP contribution in [0, 0.1) is 17.7 Å². The maximum atomic E-state index is 12.9. The molecule has 7 nitrogen and oxygen atoms in total. The predicted molar refractivity (Wildman–Crippen MR) is 74.6 cm³/mol. The fourth-order valence-electron chi connectivity index (χ4n) is 2.65. The standard InChI is InChI=1S/C14H17FN4O3/c15-10-4-16-14(17-5-10)19-6-8(3-9(7-19)13(21)22)12(20)18-11-1-2-11/h4-5,8-9,11H,1-3,6-7H2,(H,18,20)(H,21,22)/t8-,9+/m1/s1. The fourth-order valence-corrected chi connectivity index (χ4v) is 2.65. The number of hydrogen-bond acceptors (Lipinski definition) is 5. The molecule has 1 aromatic rings. The molecule has 2 aliphatic rings. The van der Waals surface area contributed by atoms with E-state index in [1.807, 2.05) is 0 Å². The Hall–Kier alpha value is -2.25. The molecule has 1 saturated heterocycles. The van der Waals surface area contributed by atoms with Crippen LogP contribution in [0.5, 0.6) is 0 Å². The average Bonchev–Trinajstić information content (AvgIpc) is 3.31. The highest BCUT2D eigenvalue weighted by atomic mass is 19.1. The molecule has 0 bridgehead atoms. The number of hydrogen-bond donors (Lipinski definition) is 2. The first-order valence-corrected chi connectivity index (χ1v) is 7.28. The highest BCUT2D eigenvalue weighted by molar-refractivity contribution is 5.81. The van der Waals surface area contributed by atoms with Gasteiger partial charge in [0.05, 0.1) is 24.2 Å². The Kier molecular flexibility index (Phi) is 3.91. The zero-order chi connectivity index (χ0) is 15.7. The second kappa shape index (κ2) is 5.86. The molecule has 2 fully saturated rings. The zero-order valence-electron chi connectivity index (χ0n) is 11.9. The fraction of sp³-hybridized carbons (Fsp3) is 0.571. The first-order chi connectivity index (χ1) is 10.5. The topological polar surface area (TPSA) is 95.4 Å². The number of rotatable bonds is 4. The SMILES string of the molecule is O=C(O)[C@H]1C[C@@H](C(=O)NC2CC2)CN(c2ncc(F)cn2)C1. The van der Waals surface area contributed by atoms with Crippen LogP contribution in [0.3, 0.4) is 0 Å². The van der Waals surface area contributed by atoms with E-state index in [0.717, 1.165) is 25.2 Å². The monoisotopic (exact) mass is 308 g/mol. The molecule has 3 rings (SSSR count). The van der Waals surface area contributed by atoms with Crippen molar-refractivity contribution in [2.24, 2.45) is 11.8 Å². The van der Waals surface area contributed by atoms with Gasteiger partial charge in [0.15, 0.2) is 5.82 Å². The molecule has 1 aliphatic heterocycles. The smallest absolute Gasteiger partial charge is 0.308 e. The van der Waals surface area contributed by atoms with Crippen LogP contribution in [0.15, 0.2) is 12.4 Å². The van der Waals surface area contributed by atoms with E-state index in [9.17, 15) is 19.1 Å². The van der Waals surface area contributed by atoms with Crippen molar-refractivity contribution in [1.29, 1.82) is 0 Å². The van der Waals surface area contributed by atoms with Gasteiger partial charge < -0.3 is 15.3 Å². The van der Waals surface area contributed by atoms with E-state index in [4.69, 9.17) is 0 Å². The quantitative estimate of drug-likeness (QED) is 0.837. The van der Waals surface area contributed by atoms with Crippen molar-refractivity contribution >= 4 is 17.8 Å². The number of carbonyl (C=O) groups excluding carboxylic acids is 1. The summed E-state index contributed by atoms with van der Waals surface area (Å²) < 4.78 is 12.9. The highest BCUT2D eigenvalue weighted by Gasteiger charge is 2.37. The van der Waals surface area contributed by atoms with E-state index >= 15 is 0 Å². The van der Waals surface area contributed by atoms with Crippen molar-refractivity contribution in [2.75, 3.05) is 18.0 Å². The van der Waals surface area contributed by atoms with Crippen LogP contribution in [0.25, 0.3) is 0 Å². The molecule has 8 heteroatoms. The lowest BCUT2D eigenvalue weighted by atomic mass is 9.88. The van der Waals surface area contributed by atoms with E-state index in [1.54, 1.807) is 4.90 Å². The summed E-state index contributed by atoms with van der Waals surface area (Å²) in [4.78, 5) is 32.9. The number of carbonyl (C=O) groups is 2. The number of halogens is 1. The van der Waals surface area contributed by atoms with Crippen molar-refractivity contribution in [1.82, 2.24) is 15.3 Å². The van der Waals surface area contributed by atoms with Gasteiger partial charge in [-0.15, -0.1) is 0 Å². The minimum absolute atomic E-state index is 0.124. The van der Waals surface area contributed by atoms with Gasteiger partial charge in [0.25, 0.3) is 0 Å². The summed E-state index contributed by atoms with van der Waals surface area (Å²) in [6.45, 7) is 0.558. The maximum absolute atomic E-state index is 12.9. The Morgan fingerprint density at radius 2 is 1.86 bits per heavy atom. The molecule has 1 aromatic heterocycles. The van der Waals surface area contributed by atoms with Crippen LogP contribution in [-0.2, 0) is 9.59 Å². The normalized spacial score (nSPS) is 24.9. The Morgan fingerprint density at radius 3 is 2.45 bits per heavy atom. The van der Waals surface area contributed by atoms with Gasteiger partial charge in [-0.25, -0.2) is 14.4 Å². The summed E-state index contributed by atoms with van der Waals surface area (Å²) in [7, 11) is 0. The van der Waals surface area contributed by atoms with Gasteiger partial charge in [0.2, 0.25) is 11.9 Å². The molecular formula is C14H17FN4O3. The number of carboxylic acid groups (broad SMARTS) is 1. The molecule has 22 heavy (non-hydrogen) atoms.